The molecule has 0 aromatic heterocycles. The molecule has 0 bridgehead atoms. The summed E-state index contributed by atoms with van der Waals surface area (Å²) in [4.78, 5) is 13.1. The van der Waals surface area contributed by atoms with E-state index in [0.717, 1.165) is 11.1 Å². The first-order valence-electron chi connectivity index (χ1n) is 9.55. The lowest BCUT2D eigenvalue weighted by atomic mass is 10.2. The molecule has 1 aliphatic heterocycles. The van der Waals surface area contributed by atoms with E-state index in [2.05, 4.69) is 10.7 Å². The van der Waals surface area contributed by atoms with Gasteiger partial charge >= 0.3 is 6.18 Å². The number of carbonyl (C=O) groups is 1. The fraction of sp³-hybridized carbons (Fsp3) is 0.0870. The molecule has 0 saturated heterocycles. The van der Waals surface area contributed by atoms with Crippen molar-refractivity contribution in [2.75, 3.05) is 10.3 Å². The van der Waals surface area contributed by atoms with Crippen molar-refractivity contribution in [1.82, 2.24) is 5.43 Å². The second kappa shape index (κ2) is 8.94. The first-order chi connectivity index (χ1) is 15.3. The van der Waals surface area contributed by atoms with Crippen LogP contribution in [0.4, 0.5) is 24.5 Å². The number of carbonyl (C=O) groups excluding carboxylic acids is 1. The fourth-order valence-electron chi connectivity index (χ4n) is 3.12. The van der Waals surface area contributed by atoms with Crippen LogP contribution in [0.25, 0.3) is 0 Å². The highest BCUT2D eigenvalue weighted by Crippen LogP contribution is 2.35. The smallest absolute Gasteiger partial charge is 0.409 e. The number of rotatable bonds is 5. The molecule has 1 unspecified atom stereocenters. The Morgan fingerprint density at radius 2 is 1.62 bits per heavy atom. The van der Waals surface area contributed by atoms with Crippen molar-refractivity contribution in [1.29, 1.82) is 0 Å². The lowest BCUT2D eigenvalue weighted by molar-refractivity contribution is -0.142. The minimum absolute atomic E-state index is 0.189. The molecule has 5 nitrogen and oxygen atoms in total. The Hall–Kier alpha value is -3.49. The van der Waals surface area contributed by atoms with Gasteiger partial charge in [-0.25, -0.2) is 5.43 Å². The number of hydrogen-bond donors (Lipinski definition) is 2. The number of halogens is 4. The Bertz CT molecular complexity index is 1150. The standard InChI is InChI=1S/C23H17ClF3N3O2/c24-16-10-4-6-12-18(16)30-19(14-21(29-30)23(25,26)27)22(31)28-17-11-5-7-13-20(17)32-15-8-2-1-3-9-15/h1-14,21,29H,(H,28,31). The molecule has 4 rings (SSSR count). The maximum atomic E-state index is 13.4. The Morgan fingerprint density at radius 3 is 2.34 bits per heavy atom. The molecule has 1 heterocycles. The molecule has 9 heteroatoms. The average Bonchev–Trinajstić information content (AvgIpc) is 3.22. The Kier molecular flexibility index (Phi) is 6.07. The van der Waals surface area contributed by atoms with Gasteiger partial charge in [-0.1, -0.05) is 54.1 Å². The van der Waals surface area contributed by atoms with Gasteiger partial charge in [0, 0.05) is 0 Å². The van der Waals surface area contributed by atoms with Crippen LogP contribution in [0.1, 0.15) is 0 Å². The second-order valence-corrected chi connectivity index (χ2v) is 7.26. The first kappa shape index (κ1) is 21.7. The van der Waals surface area contributed by atoms with Crippen molar-refractivity contribution >= 4 is 28.9 Å². The third-order valence-corrected chi connectivity index (χ3v) is 4.94. The Morgan fingerprint density at radius 1 is 0.969 bits per heavy atom. The number of hydrogen-bond acceptors (Lipinski definition) is 4. The fourth-order valence-corrected chi connectivity index (χ4v) is 3.34. The van der Waals surface area contributed by atoms with Crippen LogP contribution in [0.15, 0.2) is 90.6 Å². The van der Waals surface area contributed by atoms with E-state index >= 15 is 0 Å². The van der Waals surface area contributed by atoms with E-state index in [1.165, 1.54) is 12.1 Å². The van der Waals surface area contributed by atoms with Gasteiger partial charge in [0.2, 0.25) is 0 Å². The molecule has 1 amide bonds. The van der Waals surface area contributed by atoms with Gasteiger partial charge in [-0.05, 0) is 42.5 Å². The Labute approximate surface area is 187 Å². The highest BCUT2D eigenvalue weighted by Gasteiger charge is 2.45. The highest BCUT2D eigenvalue weighted by molar-refractivity contribution is 6.33. The molecule has 1 atom stereocenters. The van der Waals surface area contributed by atoms with Crippen molar-refractivity contribution in [3.8, 4) is 11.5 Å². The van der Waals surface area contributed by atoms with Crippen LogP contribution < -0.4 is 20.5 Å². The molecule has 0 radical (unpaired) electrons. The molecule has 0 spiro atoms. The number of anilines is 2. The minimum atomic E-state index is -4.60. The maximum Gasteiger partial charge on any atom is 0.409 e. The van der Waals surface area contributed by atoms with E-state index in [9.17, 15) is 18.0 Å². The molecule has 0 fully saturated rings. The van der Waals surface area contributed by atoms with Crippen molar-refractivity contribution in [3.05, 3.63) is 95.7 Å². The molecule has 0 aliphatic carbocycles. The number of nitrogens with zero attached hydrogens (tertiary/aromatic N) is 1. The average molecular weight is 460 g/mol. The van der Waals surface area contributed by atoms with E-state index < -0.39 is 18.1 Å². The van der Waals surface area contributed by atoms with Crippen molar-refractivity contribution in [2.24, 2.45) is 0 Å². The second-order valence-electron chi connectivity index (χ2n) is 6.85. The molecular weight excluding hydrogens is 443 g/mol. The zero-order valence-electron chi connectivity index (χ0n) is 16.4. The van der Waals surface area contributed by atoms with Gasteiger partial charge < -0.3 is 10.1 Å². The van der Waals surface area contributed by atoms with E-state index in [4.69, 9.17) is 16.3 Å². The van der Waals surface area contributed by atoms with Crippen LogP contribution in [0, 0.1) is 0 Å². The number of alkyl halides is 3. The van der Waals surface area contributed by atoms with Crippen LogP contribution >= 0.6 is 11.6 Å². The zero-order valence-corrected chi connectivity index (χ0v) is 17.2. The summed E-state index contributed by atoms with van der Waals surface area (Å²) >= 11 is 6.17. The van der Waals surface area contributed by atoms with Crippen molar-refractivity contribution < 1.29 is 22.7 Å². The number of amides is 1. The van der Waals surface area contributed by atoms with Crippen LogP contribution in [0.2, 0.25) is 5.02 Å². The summed E-state index contributed by atoms with van der Waals surface area (Å²) in [5, 5.41) is 3.87. The number of nitrogens with one attached hydrogen (secondary N) is 2. The maximum absolute atomic E-state index is 13.4. The van der Waals surface area contributed by atoms with Gasteiger partial charge in [-0.2, -0.15) is 13.2 Å². The summed E-state index contributed by atoms with van der Waals surface area (Å²) in [6.07, 6.45) is -3.78. The van der Waals surface area contributed by atoms with Gasteiger partial charge in [0.25, 0.3) is 5.91 Å². The summed E-state index contributed by atoms with van der Waals surface area (Å²) in [5.74, 6) is 0.134. The summed E-state index contributed by atoms with van der Waals surface area (Å²) in [6, 6.07) is 19.8. The Balaban J connectivity index is 1.63. The van der Waals surface area contributed by atoms with Crippen LogP contribution in [-0.2, 0) is 4.79 Å². The van der Waals surface area contributed by atoms with E-state index in [1.807, 2.05) is 6.07 Å². The molecule has 0 saturated carbocycles. The zero-order chi connectivity index (χ0) is 22.7. The van der Waals surface area contributed by atoms with Crippen molar-refractivity contribution in [3.63, 3.8) is 0 Å². The van der Waals surface area contributed by atoms with Crippen LogP contribution in [-0.4, -0.2) is 18.1 Å². The predicted octanol–water partition coefficient (Wildman–Crippen LogP) is 5.91. The van der Waals surface area contributed by atoms with E-state index in [0.29, 0.717) is 17.2 Å². The van der Waals surface area contributed by atoms with Gasteiger partial charge in [-0.3, -0.25) is 9.80 Å². The molecule has 3 aromatic carbocycles. The first-order valence-corrected chi connectivity index (χ1v) is 9.93. The van der Waals surface area contributed by atoms with Gasteiger partial charge in [0.05, 0.1) is 16.4 Å². The molecule has 1 aliphatic rings. The monoisotopic (exact) mass is 459 g/mol. The lowest BCUT2D eigenvalue weighted by Gasteiger charge is -2.25. The van der Waals surface area contributed by atoms with Crippen LogP contribution in [0.3, 0.4) is 0 Å². The molecule has 3 aromatic rings. The SMILES string of the molecule is O=C(Nc1ccccc1Oc1ccccc1)C1=CC(C(F)(F)F)NN1c1ccccc1Cl. The largest absolute Gasteiger partial charge is 0.455 e. The van der Waals surface area contributed by atoms with Crippen LogP contribution in [0.5, 0.6) is 11.5 Å². The van der Waals surface area contributed by atoms with Gasteiger partial charge in [0.15, 0.2) is 5.75 Å². The number of para-hydroxylation sites is 4. The van der Waals surface area contributed by atoms with Crippen molar-refractivity contribution in [2.45, 2.75) is 12.2 Å². The number of ether oxygens (including phenoxy) is 1. The summed E-state index contributed by atoms with van der Waals surface area (Å²) in [7, 11) is 0. The van der Waals surface area contributed by atoms with E-state index in [-0.39, 0.29) is 16.4 Å². The molecular formula is C23H17ClF3N3O2. The molecule has 2 N–H and O–H groups in total. The van der Waals surface area contributed by atoms with Gasteiger partial charge in [-0.15, -0.1) is 0 Å². The lowest BCUT2D eigenvalue weighted by Crippen LogP contribution is -2.45. The summed E-state index contributed by atoms with van der Waals surface area (Å²) < 4.78 is 46.0. The predicted molar refractivity (Wildman–Crippen MR) is 117 cm³/mol. The number of hydrazine groups is 1. The van der Waals surface area contributed by atoms with E-state index in [1.54, 1.807) is 60.7 Å². The highest BCUT2D eigenvalue weighted by atomic mass is 35.5. The third-order valence-electron chi connectivity index (χ3n) is 4.62. The van der Waals surface area contributed by atoms with Gasteiger partial charge in [0.1, 0.15) is 17.5 Å². The topological polar surface area (TPSA) is 53.6 Å². The molecule has 164 valence electrons. The molecule has 32 heavy (non-hydrogen) atoms. The third kappa shape index (κ3) is 4.71. The summed E-state index contributed by atoms with van der Waals surface area (Å²) in [5.41, 5.74) is 2.58. The normalized spacial score (nSPS) is 15.9. The summed E-state index contributed by atoms with van der Waals surface area (Å²) in [6.45, 7) is 0. The minimum Gasteiger partial charge on any atom is -0.455 e. The quantitative estimate of drug-likeness (QED) is 0.498. The number of benzene rings is 3.